The summed E-state index contributed by atoms with van der Waals surface area (Å²) in [5.74, 6) is 0. The average Bonchev–Trinajstić information content (AvgIpc) is 2.65. The summed E-state index contributed by atoms with van der Waals surface area (Å²) < 4.78 is 2.69. The highest BCUT2D eigenvalue weighted by Gasteiger charge is 2.12. The van der Waals surface area contributed by atoms with Gasteiger partial charge in [0.05, 0.1) is 0 Å². The molecule has 1 aliphatic rings. The standard InChI is InChI=1S/C24H26I2S/c1-15-13-23(25)16(2)11-22(15)12-17(3)24(26)27-18(4)20-10-9-19-7-5-6-8-21(19)14-20/h9-11,13-14H,4-8,12H2,1-3H3/b24-17+. The fraction of sp³-hybridized carbons (Fsp3) is 0.333. The van der Waals surface area contributed by atoms with Gasteiger partial charge in [-0.1, -0.05) is 42.6 Å². The van der Waals surface area contributed by atoms with Crippen molar-refractivity contribution in [2.75, 3.05) is 0 Å². The minimum atomic E-state index is 1.01. The van der Waals surface area contributed by atoms with E-state index in [0.717, 1.165) is 11.3 Å². The fourth-order valence-electron chi connectivity index (χ4n) is 3.55. The quantitative estimate of drug-likeness (QED) is 0.311. The van der Waals surface area contributed by atoms with Crippen LogP contribution in [0.4, 0.5) is 0 Å². The van der Waals surface area contributed by atoms with Gasteiger partial charge in [0.2, 0.25) is 0 Å². The smallest absolute Gasteiger partial charge is 0.0499 e. The Hall–Kier alpha value is -0.270. The number of rotatable bonds is 5. The molecule has 0 fully saturated rings. The van der Waals surface area contributed by atoms with E-state index in [0.29, 0.717) is 0 Å². The van der Waals surface area contributed by atoms with Gasteiger partial charge in [-0.3, -0.25) is 0 Å². The van der Waals surface area contributed by atoms with Gasteiger partial charge in [0.25, 0.3) is 0 Å². The summed E-state index contributed by atoms with van der Waals surface area (Å²) in [6, 6.07) is 11.6. The Kier molecular flexibility index (Phi) is 7.53. The zero-order valence-electron chi connectivity index (χ0n) is 16.3. The molecule has 1 aliphatic carbocycles. The summed E-state index contributed by atoms with van der Waals surface area (Å²) in [6.07, 6.45) is 6.12. The lowest BCUT2D eigenvalue weighted by atomic mass is 9.90. The zero-order chi connectivity index (χ0) is 19.6. The second-order valence-electron chi connectivity index (χ2n) is 7.47. The van der Waals surface area contributed by atoms with Crippen LogP contribution < -0.4 is 0 Å². The second kappa shape index (κ2) is 9.49. The first kappa shape index (κ1) is 21.4. The molecule has 0 nitrogen and oxygen atoms in total. The number of aryl methyl sites for hydroxylation is 4. The summed E-state index contributed by atoms with van der Waals surface area (Å²) in [5.41, 5.74) is 9.94. The molecule has 0 heterocycles. The van der Waals surface area contributed by atoms with Crippen LogP contribution >= 0.6 is 56.9 Å². The lowest BCUT2D eigenvalue weighted by Gasteiger charge is -2.17. The molecule has 0 radical (unpaired) electrons. The summed E-state index contributed by atoms with van der Waals surface area (Å²) >= 11 is 6.72. The van der Waals surface area contributed by atoms with Gasteiger partial charge in [-0.05, 0) is 143 Å². The van der Waals surface area contributed by atoms with E-state index in [1.807, 2.05) is 11.8 Å². The van der Waals surface area contributed by atoms with Crippen molar-refractivity contribution in [1.82, 2.24) is 0 Å². The first-order valence-electron chi connectivity index (χ1n) is 9.45. The van der Waals surface area contributed by atoms with E-state index in [4.69, 9.17) is 0 Å². The largest absolute Gasteiger partial charge is 0.0844 e. The van der Waals surface area contributed by atoms with E-state index in [9.17, 15) is 0 Å². The summed E-state index contributed by atoms with van der Waals surface area (Å²) in [5, 5.41) is 0. The van der Waals surface area contributed by atoms with Crippen LogP contribution in [0.25, 0.3) is 4.91 Å². The number of allylic oxidation sites excluding steroid dienone is 1. The van der Waals surface area contributed by atoms with Crippen LogP contribution in [-0.4, -0.2) is 0 Å². The van der Waals surface area contributed by atoms with Crippen LogP contribution in [0.5, 0.6) is 0 Å². The molecule has 27 heavy (non-hydrogen) atoms. The van der Waals surface area contributed by atoms with E-state index in [1.54, 1.807) is 0 Å². The third-order valence-electron chi connectivity index (χ3n) is 5.29. The fourth-order valence-corrected chi connectivity index (χ4v) is 5.87. The summed E-state index contributed by atoms with van der Waals surface area (Å²) in [6.45, 7) is 11.0. The number of benzene rings is 2. The lowest BCUT2D eigenvalue weighted by molar-refractivity contribution is 0.685. The molecular formula is C24H26I2S. The molecule has 0 N–H and O–H groups in total. The molecule has 0 aromatic heterocycles. The van der Waals surface area contributed by atoms with Crippen LogP contribution in [0.2, 0.25) is 0 Å². The Balaban J connectivity index is 1.74. The number of hydrogen-bond donors (Lipinski definition) is 0. The van der Waals surface area contributed by atoms with Gasteiger partial charge < -0.3 is 0 Å². The molecule has 0 saturated carbocycles. The van der Waals surface area contributed by atoms with Crippen molar-refractivity contribution < 1.29 is 0 Å². The highest BCUT2D eigenvalue weighted by molar-refractivity contribution is 14.1. The molecule has 2 aromatic carbocycles. The molecular weight excluding hydrogens is 574 g/mol. The molecule has 0 unspecified atom stereocenters. The molecule has 0 atom stereocenters. The van der Waals surface area contributed by atoms with Crippen LogP contribution in [0.3, 0.4) is 0 Å². The molecule has 3 rings (SSSR count). The number of hydrogen-bond acceptors (Lipinski definition) is 1. The number of thioether (sulfide) groups is 1. The molecule has 142 valence electrons. The van der Waals surface area contributed by atoms with Crippen molar-refractivity contribution >= 4 is 61.8 Å². The predicted molar refractivity (Wildman–Crippen MR) is 139 cm³/mol. The Labute approximate surface area is 195 Å². The van der Waals surface area contributed by atoms with E-state index in [-0.39, 0.29) is 0 Å². The molecule has 3 heteroatoms. The van der Waals surface area contributed by atoms with Crippen molar-refractivity contribution in [2.45, 2.75) is 52.9 Å². The highest BCUT2D eigenvalue weighted by Crippen LogP contribution is 2.39. The normalized spacial score (nSPS) is 14.6. The average molecular weight is 600 g/mol. The Bertz CT molecular complexity index is 909. The lowest BCUT2D eigenvalue weighted by Crippen LogP contribution is -2.02. The van der Waals surface area contributed by atoms with Crippen molar-refractivity contribution in [1.29, 1.82) is 0 Å². The molecule has 0 amide bonds. The van der Waals surface area contributed by atoms with Gasteiger partial charge >= 0.3 is 0 Å². The minimum Gasteiger partial charge on any atom is -0.0844 e. The summed E-state index contributed by atoms with van der Waals surface area (Å²) in [4.78, 5) is 1.16. The maximum atomic E-state index is 4.37. The number of fused-ring (bicyclic) bond motifs is 1. The maximum Gasteiger partial charge on any atom is 0.0499 e. The Morgan fingerprint density at radius 1 is 1.04 bits per heavy atom. The van der Waals surface area contributed by atoms with Gasteiger partial charge in [0.15, 0.2) is 0 Å². The van der Waals surface area contributed by atoms with E-state index >= 15 is 0 Å². The second-order valence-corrected chi connectivity index (χ2v) is 11.6. The SMILES string of the molecule is C=C(S/C(I)=C(\C)Cc1cc(C)c(I)cc1C)c1ccc2c(c1)CCCC2. The van der Waals surface area contributed by atoms with Crippen molar-refractivity contribution in [3.8, 4) is 0 Å². The van der Waals surface area contributed by atoms with Crippen molar-refractivity contribution in [3.63, 3.8) is 0 Å². The van der Waals surface area contributed by atoms with E-state index in [1.165, 1.54) is 71.1 Å². The van der Waals surface area contributed by atoms with Gasteiger partial charge in [0, 0.05) is 11.4 Å². The first-order chi connectivity index (χ1) is 12.8. The van der Waals surface area contributed by atoms with E-state index < -0.39 is 0 Å². The molecule has 0 spiro atoms. The maximum absolute atomic E-state index is 4.37. The van der Waals surface area contributed by atoms with Crippen LogP contribution in [0.1, 0.15) is 53.1 Å². The molecule has 0 bridgehead atoms. The molecule has 0 saturated heterocycles. The first-order valence-corrected chi connectivity index (χ1v) is 12.4. The highest BCUT2D eigenvalue weighted by atomic mass is 127. The van der Waals surface area contributed by atoms with Crippen LogP contribution in [-0.2, 0) is 19.3 Å². The topological polar surface area (TPSA) is 0 Å². The third-order valence-corrected chi connectivity index (χ3v) is 9.04. The van der Waals surface area contributed by atoms with Crippen LogP contribution in [0.15, 0.2) is 45.4 Å². The number of halogens is 2. The summed E-state index contributed by atoms with van der Waals surface area (Å²) in [7, 11) is 0. The van der Waals surface area contributed by atoms with Crippen molar-refractivity contribution in [3.05, 3.63) is 82.3 Å². The zero-order valence-corrected chi connectivity index (χ0v) is 21.4. The van der Waals surface area contributed by atoms with Gasteiger partial charge in [0.1, 0.15) is 0 Å². The van der Waals surface area contributed by atoms with Gasteiger partial charge in [-0.25, -0.2) is 0 Å². The van der Waals surface area contributed by atoms with Gasteiger partial charge in [-0.2, -0.15) is 0 Å². The monoisotopic (exact) mass is 600 g/mol. The molecule has 0 aliphatic heterocycles. The molecule has 2 aromatic rings. The minimum absolute atomic E-state index is 1.01. The van der Waals surface area contributed by atoms with Gasteiger partial charge in [-0.15, -0.1) is 0 Å². The Morgan fingerprint density at radius 3 is 2.48 bits per heavy atom. The van der Waals surface area contributed by atoms with Crippen molar-refractivity contribution in [2.24, 2.45) is 0 Å². The third kappa shape index (κ3) is 5.41. The predicted octanol–water partition coefficient (Wildman–Crippen LogP) is 8.40. The van der Waals surface area contributed by atoms with Crippen LogP contribution in [0, 0.1) is 17.4 Å². The van der Waals surface area contributed by atoms with E-state index in [2.05, 4.69) is 103 Å². The Morgan fingerprint density at radius 2 is 1.74 bits per heavy atom.